The van der Waals surface area contributed by atoms with Crippen molar-refractivity contribution in [1.29, 1.82) is 0 Å². The normalized spacial score (nSPS) is 25.6. The Bertz CT molecular complexity index is 378. The van der Waals surface area contributed by atoms with E-state index in [4.69, 9.17) is 0 Å². The fourth-order valence-electron chi connectivity index (χ4n) is 1.45. The van der Waals surface area contributed by atoms with Crippen molar-refractivity contribution in [1.82, 2.24) is 0 Å². The fraction of sp³-hybridized carbons (Fsp3) is 0.300. The lowest BCUT2D eigenvalue weighted by atomic mass is 10.0. The molecule has 0 fully saturated rings. The lowest BCUT2D eigenvalue weighted by Gasteiger charge is -2.12. The number of thioether (sulfide) groups is 1. The van der Waals surface area contributed by atoms with Crippen molar-refractivity contribution in [3.63, 3.8) is 0 Å². The summed E-state index contributed by atoms with van der Waals surface area (Å²) in [5, 5.41) is 0.292. The van der Waals surface area contributed by atoms with Crippen LogP contribution in [0.15, 0.2) is 23.2 Å². The summed E-state index contributed by atoms with van der Waals surface area (Å²) in [6, 6.07) is 3.91. The van der Waals surface area contributed by atoms with Crippen LogP contribution in [-0.2, 0) is 0 Å². The first kappa shape index (κ1) is 9.65. The van der Waals surface area contributed by atoms with Gasteiger partial charge in [0.05, 0.1) is 11.6 Å². The molecule has 2 rings (SSSR count). The van der Waals surface area contributed by atoms with Crippen LogP contribution in [0.5, 0.6) is 0 Å². The van der Waals surface area contributed by atoms with Gasteiger partial charge in [0.2, 0.25) is 0 Å². The molecule has 1 heterocycles. The van der Waals surface area contributed by atoms with Gasteiger partial charge in [-0.1, -0.05) is 13.0 Å². The summed E-state index contributed by atoms with van der Waals surface area (Å²) in [6.45, 7) is 2.02. The average molecular weight is 213 g/mol. The lowest BCUT2D eigenvalue weighted by molar-refractivity contribution is 0.505. The van der Waals surface area contributed by atoms with Crippen molar-refractivity contribution in [3.05, 3.63) is 35.4 Å². The summed E-state index contributed by atoms with van der Waals surface area (Å²) in [4.78, 5) is 4.21. The Morgan fingerprint density at radius 2 is 2.07 bits per heavy atom. The Balaban J connectivity index is 2.32. The molecule has 2 atom stereocenters. The van der Waals surface area contributed by atoms with E-state index in [-0.39, 0.29) is 6.04 Å². The minimum absolute atomic E-state index is 0.0462. The number of rotatable bonds is 1. The van der Waals surface area contributed by atoms with Crippen LogP contribution in [0.2, 0.25) is 0 Å². The van der Waals surface area contributed by atoms with Gasteiger partial charge in [-0.2, -0.15) is 0 Å². The largest absolute Gasteiger partial charge is 0.277 e. The molecule has 1 aliphatic heterocycles. The summed E-state index contributed by atoms with van der Waals surface area (Å²) >= 11 is 1.60. The van der Waals surface area contributed by atoms with Gasteiger partial charge in [0.1, 0.15) is 0 Å². The van der Waals surface area contributed by atoms with Gasteiger partial charge in [-0.05, 0) is 17.7 Å². The molecule has 14 heavy (non-hydrogen) atoms. The zero-order valence-corrected chi connectivity index (χ0v) is 8.39. The maximum Gasteiger partial charge on any atom is 0.159 e. The van der Waals surface area contributed by atoms with Crippen LogP contribution in [-0.4, -0.2) is 10.8 Å². The summed E-state index contributed by atoms with van der Waals surface area (Å²) in [6.07, 6.45) is 0. The Morgan fingerprint density at radius 1 is 1.29 bits per heavy atom. The Kier molecular flexibility index (Phi) is 2.54. The van der Waals surface area contributed by atoms with E-state index in [9.17, 15) is 8.78 Å². The maximum atomic E-state index is 12.9. The van der Waals surface area contributed by atoms with E-state index in [1.165, 1.54) is 6.07 Å². The van der Waals surface area contributed by atoms with Gasteiger partial charge < -0.3 is 0 Å². The Morgan fingerprint density at radius 3 is 2.64 bits per heavy atom. The van der Waals surface area contributed by atoms with Crippen molar-refractivity contribution in [2.75, 3.05) is 0 Å². The van der Waals surface area contributed by atoms with E-state index in [1.807, 2.05) is 6.92 Å². The van der Waals surface area contributed by atoms with Gasteiger partial charge >= 0.3 is 0 Å². The molecular weight excluding hydrogens is 204 g/mol. The second kappa shape index (κ2) is 3.69. The van der Waals surface area contributed by atoms with Gasteiger partial charge in [-0.3, -0.25) is 4.99 Å². The molecule has 0 N–H and O–H groups in total. The minimum atomic E-state index is -0.809. The van der Waals surface area contributed by atoms with Crippen LogP contribution in [0.4, 0.5) is 8.78 Å². The highest BCUT2D eigenvalue weighted by Gasteiger charge is 2.23. The lowest BCUT2D eigenvalue weighted by Crippen LogP contribution is -2.05. The number of hydrogen-bond donors (Lipinski definition) is 0. The minimum Gasteiger partial charge on any atom is -0.277 e. The molecule has 1 aromatic rings. The molecule has 0 spiro atoms. The zero-order chi connectivity index (χ0) is 10.1. The number of halogens is 2. The fourth-order valence-corrected chi connectivity index (χ4v) is 2.22. The predicted octanol–water partition coefficient (Wildman–Crippen LogP) is 3.17. The number of nitrogens with zero attached hydrogens (tertiary/aromatic N) is 1. The van der Waals surface area contributed by atoms with E-state index in [0.717, 1.165) is 11.6 Å². The molecule has 0 bridgehead atoms. The molecule has 0 saturated heterocycles. The van der Waals surface area contributed by atoms with Crippen molar-refractivity contribution in [2.24, 2.45) is 4.99 Å². The van der Waals surface area contributed by atoms with Crippen molar-refractivity contribution < 1.29 is 8.78 Å². The molecule has 2 unspecified atom stereocenters. The van der Waals surface area contributed by atoms with E-state index in [0.29, 0.717) is 5.25 Å². The Labute approximate surface area is 85.2 Å². The highest BCUT2D eigenvalue weighted by atomic mass is 32.2. The van der Waals surface area contributed by atoms with Gasteiger partial charge in [-0.25, -0.2) is 8.78 Å². The number of aliphatic imine (C=N–C) groups is 1. The first-order chi connectivity index (χ1) is 6.68. The third-order valence-electron chi connectivity index (χ3n) is 2.23. The quantitative estimate of drug-likeness (QED) is 0.698. The number of benzene rings is 1. The SMILES string of the molecule is CC1SC=NC1c1ccc(F)c(F)c1. The van der Waals surface area contributed by atoms with Crippen LogP contribution in [0, 0.1) is 11.6 Å². The van der Waals surface area contributed by atoms with Crippen LogP contribution in [0.1, 0.15) is 18.5 Å². The molecule has 1 aromatic carbocycles. The van der Waals surface area contributed by atoms with Gasteiger partial charge in [0.15, 0.2) is 11.6 Å². The average Bonchev–Trinajstić information content (AvgIpc) is 2.57. The molecule has 0 aromatic heterocycles. The van der Waals surface area contributed by atoms with E-state index in [1.54, 1.807) is 23.4 Å². The van der Waals surface area contributed by atoms with Crippen LogP contribution >= 0.6 is 11.8 Å². The maximum absolute atomic E-state index is 12.9. The molecule has 4 heteroatoms. The smallest absolute Gasteiger partial charge is 0.159 e. The van der Waals surface area contributed by atoms with Crippen LogP contribution in [0.3, 0.4) is 0 Å². The van der Waals surface area contributed by atoms with E-state index < -0.39 is 11.6 Å². The van der Waals surface area contributed by atoms with Crippen LogP contribution in [0.25, 0.3) is 0 Å². The highest BCUT2D eigenvalue weighted by Crippen LogP contribution is 2.34. The standard InChI is InChI=1S/C10H9F2NS/c1-6-10(13-5-14-6)7-2-3-8(11)9(12)4-7/h2-6,10H,1H3. The molecule has 1 aliphatic rings. The summed E-state index contributed by atoms with van der Waals surface area (Å²) in [7, 11) is 0. The molecule has 74 valence electrons. The molecule has 0 saturated carbocycles. The van der Waals surface area contributed by atoms with Crippen molar-refractivity contribution in [3.8, 4) is 0 Å². The molecular formula is C10H9F2NS. The summed E-state index contributed by atoms with van der Waals surface area (Å²) in [5.74, 6) is -1.61. The third kappa shape index (κ3) is 1.66. The van der Waals surface area contributed by atoms with Gasteiger partial charge in [0.25, 0.3) is 0 Å². The van der Waals surface area contributed by atoms with E-state index in [2.05, 4.69) is 4.99 Å². The zero-order valence-electron chi connectivity index (χ0n) is 7.58. The number of hydrogen-bond acceptors (Lipinski definition) is 2. The van der Waals surface area contributed by atoms with Crippen molar-refractivity contribution >= 4 is 17.3 Å². The van der Waals surface area contributed by atoms with Crippen LogP contribution < -0.4 is 0 Å². The molecule has 0 radical (unpaired) electrons. The molecule has 1 nitrogen and oxygen atoms in total. The first-order valence-electron chi connectivity index (χ1n) is 4.30. The third-order valence-corrected chi connectivity index (χ3v) is 3.16. The monoisotopic (exact) mass is 213 g/mol. The van der Waals surface area contributed by atoms with Gasteiger partial charge in [-0.15, -0.1) is 11.8 Å². The van der Waals surface area contributed by atoms with E-state index >= 15 is 0 Å². The summed E-state index contributed by atoms with van der Waals surface area (Å²) in [5.41, 5.74) is 2.49. The summed E-state index contributed by atoms with van der Waals surface area (Å²) < 4.78 is 25.6. The topological polar surface area (TPSA) is 12.4 Å². The molecule has 0 aliphatic carbocycles. The van der Waals surface area contributed by atoms with Gasteiger partial charge in [0, 0.05) is 5.25 Å². The highest BCUT2D eigenvalue weighted by molar-refractivity contribution is 8.12. The Hall–Kier alpha value is -0.900. The second-order valence-corrected chi connectivity index (χ2v) is 4.44. The molecule has 0 amide bonds. The first-order valence-corrected chi connectivity index (χ1v) is 5.25. The second-order valence-electron chi connectivity index (χ2n) is 3.21. The predicted molar refractivity (Wildman–Crippen MR) is 54.6 cm³/mol. The van der Waals surface area contributed by atoms with Crippen molar-refractivity contribution in [2.45, 2.75) is 18.2 Å².